The molecule has 18 heavy (non-hydrogen) atoms. The van der Waals surface area contributed by atoms with Gasteiger partial charge in [-0.25, -0.2) is 4.68 Å². The molecule has 0 aromatic carbocycles. The van der Waals surface area contributed by atoms with E-state index in [1.54, 1.807) is 23.1 Å². The number of methoxy groups -OCH3 is 1. The molecule has 0 aliphatic carbocycles. The van der Waals surface area contributed by atoms with Gasteiger partial charge in [0.25, 0.3) is 0 Å². The molecule has 0 amide bonds. The average Bonchev–Trinajstić information content (AvgIpc) is 2.97. The van der Waals surface area contributed by atoms with Crippen LogP contribution in [0.25, 0.3) is 10.6 Å². The average molecular weight is 265 g/mol. The standard InChI is InChI=1S/C13H19N3OS/c1-5-9(14-2)11-6-7-12(18-11)10-8-13(17-4)16(3)15-10/h6-9,14H,5H2,1-4H3. The molecule has 1 atom stereocenters. The number of hydrogen-bond donors (Lipinski definition) is 1. The minimum Gasteiger partial charge on any atom is -0.481 e. The highest BCUT2D eigenvalue weighted by molar-refractivity contribution is 7.15. The largest absolute Gasteiger partial charge is 0.481 e. The number of hydrogen-bond acceptors (Lipinski definition) is 4. The first-order valence-corrected chi connectivity index (χ1v) is 6.86. The van der Waals surface area contributed by atoms with E-state index in [1.165, 1.54) is 9.75 Å². The summed E-state index contributed by atoms with van der Waals surface area (Å²) in [5, 5.41) is 7.78. The fraction of sp³-hybridized carbons (Fsp3) is 0.462. The zero-order valence-corrected chi connectivity index (χ0v) is 12.0. The van der Waals surface area contributed by atoms with Gasteiger partial charge in [-0.1, -0.05) is 6.92 Å². The lowest BCUT2D eigenvalue weighted by molar-refractivity contribution is 0.373. The number of aryl methyl sites for hydroxylation is 1. The third-order valence-corrected chi connectivity index (χ3v) is 4.25. The smallest absolute Gasteiger partial charge is 0.211 e. The van der Waals surface area contributed by atoms with Crippen molar-refractivity contribution in [2.45, 2.75) is 19.4 Å². The number of aromatic nitrogens is 2. The van der Waals surface area contributed by atoms with Gasteiger partial charge in [0.05, 0.1) is 12.0 Å². The third-order valence-electron chi connectivity index (χ3n) is 3.03. The number of nitrogens with one attached hydrogen (secondary N) is 1. The minimum atomic E-state index is 0.425. The molecule has 0 saturated heterocycles. The first-order valence-electron chi connectivity index (χ1n) is 6.05. The lowest BCUT2D eigenvalue weighted by Crippen LogP contribution is -2.13. The van der Waals surface area contributed by atoms with E-state index in [2.05, 4.69) is 29.5 Å². The SMILES string of the molecule is CCC(NC)c1ccc(-c2cc(OC)n(C)n2)s1. The molecule has 98 valence electrons. The van der Waals surface area contributed by atoms with Gasteiger partial charge in [-0.2, -0.15) is 5.10 Å². The predicted octanol–water partition coefficient (Wildman–Crippen LogP) is 2.83. The van der Waals surface area contributed by atoms with Crippen LogP contribution in [0.5, 0.6) is 5.88 Å². The van der Waals surface area contributed by atoms with Crippen LogP contribution in [0, 0.1) is 0 Å². The van der Waals surface area contributed by atoms with Gasteiger partial charge in [-0.15, -0.1) is 11.3 Å². The second-order valence-electron chi connectivity index (χ2n) is 4.15. The molecule has 0 aliphatic heterocycles. The molecular weight excluding hydrogens is 246 g/mol. The summed E-state index contributed by atoms with van der Waals surface area (Å²) in [5.74, 6) is 0.778. The Labute approximate surface area is 112 Å². The van der Waals surface area contributed by atoms with Gasteiger partial charge in [0, 0.05) is 24.0 Å². The van der Waals surface area contributed by atoms with Crippen LogP contribution in [0.1, 0.15) is 24.3 Å². The maximum absolute atomic E-state index is 5.24. The van der Waals surface area contributed by atoms with E-state index in [9.17, 15) is 0 Å². The summed E-state index contributed by atoms with van der Waals surface area (Å²) in [6.07, 6.45) is 1.09. The van der Waals surface area contributed by atoms with Crippen molar-refractivity contribution in [3.8, 4) is 16.5 Å². The van der Waals surface area contributed by atoms with Crippen LogP contribution in [0.15, 0.2) is 18.2 Å². The van der Waals surface area contributed by atoms with E-state index in [-0.39, 0.29) is 0 Å². The van der Waals surface area contributed by atoms with Gasteiger partial charge in [0.15, 0.2) is 0 Å². The van der Waals surface area contributed by atoms with Crippen molar-refractivity contribution in [2.24, 2.45) is 7.05 Å². The number of rotatable bonds is 5. The molecule has 2 heterocycles. The summed E-state index contributed by atoms with van der Waals surface area (Å²) >= 11 is 1.78. The summed E-state index contributed by atoms with van der Waals surface area (Å²) in [6, 6.07) is 6.69. The van der Waals surface area contributed by atoms with Gasteiger partial charge >= 0.3 is 0 Å². The van der Waals surface area contributed by atoms with E-state index in [0.29, 0.717) is 6.04 Å². The Hall–Kier alpha value is -1.33. The molecule has 2 aromatic rings. The van der Waals surface area contributed by atoms with Crippen molar-refractivity contribution in [1.29, 1.82) is 0 Å². The predicted molar refractivity (Wildman–Crippen MR) is 75.2 cm³/mol. The Kier molecular flexibility index (Phi) is 4.04. The zero-order chi connectivity index (χ0) is 13.1. The zero-order valence-electron chi connectivity index (χ0n) is 11.2. The van der Waals surface area contributed by atoms with Crippen molar-refractivity contribution in [1.82, 2.24) is 15.1 Å². The second-order valence-corrected chi connectivity index (χ2v) is 5.26. The van der Waals surface area contributed by atoms with Crippen LogP contribution in [0.2, 0.25) is 0 Å². The number of nitrogens with zero attached hydrogens (tertiary/aromatic N) is 2. The van der Waals surface area contributed by atoms with E-state index in [4.69, 9.17) is 4.74 Å². The minimum absolute atomic E-state index is 0.425. The van der Waals surface area contributed by atoms with Gasteiger partial charge in [-0.05, 0) is 25.6 Å². The number of thiophene rings is 1. The third kappa shape index (κ3) is 2.42. The second kappa shape index (κ2) is 5.54. The summed E-state index contributed by atoms with van der Waals surface area (Å²) in [4.78, 5) is 2.53. The van der Waals surface area contributed by atoms with Crippen molar-refractivity contribution in [3.05, 3.63) is 23.1 Å². The monoisotopic (exact) mass is 265 g/mol. The van der Waals surface area contributed by atoms with Gasteiger partial charge < -0.3 is 10.1 Å². The molecule has 0 fully saturated rings. The maximum Gasteiger partial charge on any atom is 0.211 e. The highest BCUT2D eigenvalue weighted by atomic mass is 32.1. The van der Waals surface area contributed by atoms with Gasteiger partial charge in [-0.3, -0.25) is 0 Å². The normalized spacial score (nSPS) is 12.7. The molecule has 0 saturated carbocycles. The molecule has 1 N–H and O–H groups in total. The van der Waals surface area contributed by atoms with E-state index < -0.39 is 0 Å². The van der Waals surface area contributed by atoms with Crippen LogP contribution in [0.3, 0.4) is 0 Å². The Morgan fingerprint density at radius 2 is 2.28 bits per heavy atom. The Morgan fingerprint density at radius 3 is 2.83 bits per heavy atom. The van der Waals surface area contributed by atoms with Crippen molar-refractivity contribution < 1.29 is 4.74 Å². The van der Waals surface area contributed by atoms with Crippen LogP contribution < -0.4 is 10.1 Å². The number of ether oxygens (including phenoxy) is 1. The van der Waals surface area contributed by atoms with Crippen molar-refractivity contribution >= 4 is 11.3 Å². The molecule has 5 heteroatoms. The quantitative estimate of drug-likeness (QED) is 0.903. The fourth-order valence-corrected chi connectivity index (χ4v) is 3.14. The van der Waals surface area contributed by atoms with Crippen LogP contribution >= 0.6 is 11.3 Å². The highest BCUT2D eigenvalue weighted by Crippen LogP contribution is 2.33. The molecule has 2 aromatic heterocycles. The molecule has 0 bridgehead atoms. The van der Waals surface area contributed by atoms with Gasteiger partial charge in [0.1, 0.15) is 5.69 Å². The molecule has 1 unspecified atom stereocenters. The van der Waals surface area contributed by atoms with Crippen LogP contribution in [0.4, 0.5) is 0 Å². The van der Waals surface area contributed by atoms with E-state index >= 15 is 0 Å². The van der Waals surface area contributed by atoms with Crippen LogP contribution in [-0.2, 0) is 7.05 Å². The molecular formula is C13H19N3OS. The summed E-state index contributed by atoms with van der Waals surface area (Å²) in [6.45, 7) is 2.18. The van der Waals surface area contributed by atoms with E-state index in [0.717, 1.165) is 18.0 Å². The van der Waals surface area contributed by atoms with Gasteiger partial charge in [0.2, 0.25) is 5.88 Å². The maximum atomic E-state index is 5.24. The summed E-state index contributed by atoms with van der Waals surface area (Å²) < 4.78 is 6.99. The first-order chi connectivity index (χ1) is 8.69. The van der Waals surface area contributed by atoms with Crippen molar-refractivity contribution in [2.75, 3.05) is 14.2 Å². The first kappa shape index (κ1) is 13.1. The molecule has 4 nitrogen and oxygen atoms in total. The fourth-order valence-electron chi connectivity index (χ4n) is 1.99. The Morgan fingerprint density at radius 1 is 1.50 bits per heavy atom. The molecule has 0 aliphatic rings. The summed E-state index contributed by atoms with van der Waals surface area (Å²) in [5.41, 5.74) is 0.969. The topological polar surface area (TPSA) is 39.1 Å². The van der Waals surface area contributed by atoms with E-state index in [1.807, 2.05) is 20.2 Å². The lowest BCUT2D eigenvalue weighted by Gasteiger charge is -2.10. The highest BCUT2D eigenvalue weighted by Gasteiger charge is 2.13. The molecule has 0 radical (unpaired) electrons. The van der Waals surface area contributed by atoms with Crippen LogP contribution in [-0.4, -0.2) is 23.9 Å². The Balaban J connectivity index is 2.28. The van der Waals surface area contributed by atoms with Crippen molar-refractivity contribution in [3.63, 3.8) is 0 Å². The molecule has 2 rings (SSSR count). The molecule has 0 spiro atoms. The summed E-state index contributed by atoms with van der Waals surface area (Å²) in [7, 11) is 5.55. The Bertz CT molecular complexity index is 514. The lowest BCUT2D eigenvalue weighted by atomic mass is 10.2.